The molecule has 1 saturated heterocycles. The van der Waals surface area contributed by atoms with Crippen LogP contribution in [0.15, 0.2) is 36.5 Å². The number of rotatable bonds is 4. The first-order valence-electron chi connectivity index (χ1n) is 8.93. The van der Waals surface area contributed by atoms with Gasteiger partial charge in [0.25, 0.3) is 5.91 Å². The Kier molecular flexibility index (Phi) is 5.56. The average Bonchev–Trinajstić information content (AvgIpc) is 3.04. The van der Waals surface area contributed by atoms with Gasteiger partial charge in [-0.1, -0.05) is 32.0 Å². The Labute approximate surface area is 158 Å². The molecule has 0 spiro atoms. The van der Waals surface area contributed by atoms with Crippen molar-refractivity contribution in [2.75, 3.05) is 13.1 Å². The van der Waals surface area contributed by atoms with Gasteiger partial charge in [0.05, 0.1) is 0 Å². The number of carbonyl (C=O) groups is 2. The first-order valence-corrected chi connectivity index (χ1v) is 9.33. The Hall–Kier alpha value is -2.41. The third-order valence-electron chi connectivity index (χ3n) is 4.66. The van der Waals surface area contributed by atoms with Crippen LogP contribution in [-0.2, 0) is 4.79 Å². The lowest BCUT2D eigenvalue weighted by atomic mass is 10.0. The van der Waals surface area contributed by atoms with E-state index in [1.807, 2.05) is 49.1 Å². The van der Waals surface area contributed by atoms with E-state index >= 15 is 0 Å². The van der Waals surface area contributed by atoms with Gasteiger partial charge in [-0.05, 0) is 37.2 Å². The number of carbonyl (C=O) groups excluding carboxylic acids is 2. The number of piperidine rings is 1. The highest BCUT2D eigenvalue weighted by atomic mass is 32.1. The zero-order valence-electron chi connectivity index (χ0n) is 15.1. The third-order valence-corrected chi connectivity index (χ3v) is 4.96. The van der Waals surface area contributed by atoms with Crippen LogP contribution in [0.2, 0.25) is 0 Å². The van der Waals surface area contributed by atoms with Crippen molar-refractivity contribution in [3.63, 3.8) is 0 Å². The Balaban J connectivity index is 1.67. The normalized spacial score (nSPS) is 15.3. The minimum atomic E-state index is -0.158. The van der Waals surface area contributed by atoms with Crippen LogP contribution in [-0.4, -0.2) is 45.4 Å². The lowest BCUT2D eigenvalue weighted by Crippen LogP contribution is -2.47. The molecular weight excluding hydrogens is 348 g/mol. The van der Waals surface area contributed by atoms with Crippen molar-refractivity contribution in [1.82, 2.24) is 19.8 Å². The van der Waals surface area contributed by atoms with E-state index in [0.717, 1.165) is 18.5 Å². The molecule has 0 aliphatic carbocycles. The van der Waals surface area contributed by atoms with Crippen molar-refractivity contribution in [3.05, 3.63) is 47.0 Å². The SMILES string of the molecule is CC(C)C(=O)N1CCC(NC(=O)c2c[nH]c(=S)n2-c2ccccc2)CC1. The van der Waals surface area contributed by atoms with Gasteiger partial charge >= 0.3 is 0 Å². The molecule has 26 heavy (non-hydrogen) atoms. The van der Waals surface area contributed by atoms with Gasteiger partial charge in [0.15, 0.2) is 4.77 Å². The maximum absolute atomic E-state index is 12.8. The minimum Gasteiger partial charge on any atom is -0.348 e. The number of nitrogens with one attached hydrogen (secondary N) is 2. The molecule has 6 nitrogen and oxygen atoms in total. The molecule has 0 saturated carbocycles. The predicted octanol–water partition coefficient (Wildman–Crippen LogP) is 2.91. The summed E-state index contributed by atoms with van der Waals surface area (Å²) in [5.74, 6) is 0.0317. The molecule has 1 aliphatic rings. The monoisotopic (exact) mass is 372 g/mol. The first-order chi connectivity index (χ1) is 12.5. The number of para-hydroxylation sites is 1. The quantitative estimate of drug-likeness (QED) is 0.811. The molecular formula is C19H24N4O2S. The van der Waals surface area contributed by atoms with E-state index in [-0.39, 0.29) is 23.8 Å². The molecule has 3 rings (SSSR count). The van der Waals surface area contributed by atoms with E-state index < -0.39 is 0 Å². The zero-order chi connectivity index (χ0) is 18.7. The predicted molar refractivity (Wildman–Crippen MR) is 103 cm³/mol. The van der Waals surface area contributed by atoms with Crippen LogP contribution < -0.4 is 5.32 Å². The molecule has 2 N–H and O–H groups in total. The fraction of sp³-hybridized carbons (Fsp3) is 0.421. The molecule has 0 atom stereocenters. The van der Waals surface area contributed by atoms with Crippen molar-refractivity contribution < 1.29 is 9.59 Å². The second-order valence-corrected chi connectivity index (χ2v) is 7.26. The van der Waals surface area contributed by atoms with Crippen molar-refractivity contribution >= 4 is 24.0 Å². The number of amides is 2. The Morgan fingerprint density at radius 3 is 2.46 bits per heavy atom. The molecule has 1 aromatic carbocycles. The lowest BCUT2D eigenvalue weighted by Gasteiger charge is -2.33. The Bertz CT molecular complexity index is 833. The largest absolute Gasteiger partial charge is 0.348 e. The number of likely N-dealkylation sites (tertiary alicyclic amines) is 1. The van der Waals surface area contributed by atoms with Gasteiger partial charge in [-0.25, -0.2) is 0 Å². The Morgan fingerprint density at radius 1 is 1.19 bits per heavy atom. The molecule has 2 aromatic rings. The van der Waals surface area contributed by atoms with Gasteiger partial charge in [0, 0.05) is 36.9 Å². The number of benzene rings is 1. The number of hydrogen-bond donors (Lipinski definition) is 2. The highest BCUT2D eigenvalue weighted by Crippen LogP contribution is 2.16. The molecule has 2 amide bonds. The molecule has 0 bridgehead atoms. The molecule has 2 heterocycles. The number of hydrogen-bond acceptors (Lipinski definition) is 3. The van der Waals surface area contributed by atoms with Gasteiger partial charge in [0.2, 0.25) is 5.91 Å². The summed E-state index contributed by atoms with van der Waals surface area (Å²) in [4.78, 5) is 29.7. The second-order valence-electron chi connectivity index (χ2n) is 6.88. The third kappa shape index (κ3) is 3.88. The van der Waals surface area contributed by atoms with E-state index in [4.69, 9.17) is 12.2 Å². The van der Waals surface area contributed by atoms with E-state index in [0.29, 0.717) is 23.6 Å². The van der Waals surface area contributed by atoms with Crippen molar-refractivity contribution in [3.8, 4) is 5.69 Å². The molecule has 0 unspecified atom stereocenters. The molecule has 1 aliphatic heterocycles. The van der Waals surface area contributed by atoms with Crippen LogP contribution in [0.3, 0.4) is 0 Å². The summed E-state index contributed by atoms with van der Waals surface area (Å²) in [5, 5.41) is 3.08. The van der Waals surface area contributed by atoms with Crippen molar-refractivity contribution in [1.29, 1.82) is 0 Å². The van der Waals surface area contributed by atoms with Crippen LogP contribution in [0.1, 0.15) is 37.2 Å². The van der Waals surface area contributed by atoms with Gasteiger partial charge in [-0.15, -0.1) is 0 Å². The summed E-state index contributed by atoms with van der Waals surface area (Å²) >= 11 is 5.33. The minimum absolute atomic E-state index is 0.0105. The van der Waals surface area contributed by atoms with Crippen molar-refractivity contribution in [2.45, 2.75) is 32.7 Å². The number of aromatic amines is 1. The highest BCUT2D eigenvalue weighted by molar-refractivity contribution is 7.71. The van der Waals surface area contributed by atoms with Crippen LogP contribution in [0, 0.1) is 10.7 Å². The number of nitrogens with zero attached hydrogens (tertiary/aromatic N) is 2. The first kappa shape index (κ1) is 18.4. The lowest BCUT2D eigenvalue weighted by molar-refractivity contribution is -0.135. The summed E-state index contributed by atoms with van der Waals surface area (Å²) in [7, 11) is 0. The molecule has 138 valence electrons. The van der Waals surface area contributed by atoms with E-state index in [9.17, 15) is 9.59 Å². The molecule has 1 aromatic heterocycles. The van der Waals surface area contributed by atoms with Crippen LogP contribution in [0.25, 0.3) is 5.69 Å². The number of imidazole rings is 1. The summed E-state index contributed by atoms with van der Waals surface area (Å²) in [6.45, 7) is 5.19. The fourth-order valence-electron chi connectivity index (χ4n) is 3.24. The average molecular weight is 372 g/mol. The van der Waals surface area contributed by atoms with Gasteiger partial charge in [0.1, 0.15) is 5.69 Å². The number of aromatic nitrogens is 2. The zero-order valence-corrected chi connectivity index (χ0v) is 15.9. The van der Waals surface area contributed by atoms with E-state index in [1.165, 1.54) is 0 Å². The van der Waals surface area contributed by atoms with Gasteiger partial charge in [-0.2, -0.15) is 0 Å². The van der Waals surface area contributed by atoms with Gasteiger partial charge < -0.3 is 15.2 Å². The van der Waals surface area contributed by atoms with E-state index in [2.05, 4.69) is 10.3 Å². The van der Waals surface area contributed by atoms with Crippen LogP contribution >= 0.6 is 12.2 Å². The maximum atomic E-state index is 12.8. The van der Waals surface area contributed by atoms with Crippen molar-refractivity contribution in [2.24, 2.45) is 5.92 Å². The Morgan fingerprint density at radius 2 is 1.85 bits per heavy atom. The molecule has 1 fully saturated rings. The fourth-order valence-corrected chi connectivity index (χ4v) is 3.50. The molecule has 0 radical (unpaired) electrons. The van der Waals surface area contributed by atoms with Gasteiger partial charge in [-0.3, -0.25) is 14.2 Å². The summed E-state index contributed by atoms with van der Waals surface area (Å²) in [6.07, 6.45) is 3.17. The highest BCUT2D eigenvalue weighted by Gasteiger charge is 2.26. The smallest absolute Gasteiger partial charge is 0.270 e. The molecule has 7 heteroatoms. The van der Waals surface area contributed by atoms with Crippen LogP contribution in [0.4, 0.5) is 0 Å². The standard InChI is InChI=1S/C19H24N4O2S/c1-13(2)18(25)22-10-8-14(9-11-22)21-17(24)16-12-20-19(26)23(16)15-6-4-3-5-7-15/h3-7,12-14H,8-11H2,1-2H3,(H,20,26)(H,21,24). The van der Waals surface area contributed by atoms with E-state index in [1.54, 1.807) is 10.8 Å². The van der Waals surface area contributed by atoms with Crippen LogP contribution in [0.5, 0.6) is 0 Å². The topological polar surface area (TPSA) is 70.1 Å². The second kappa shape index (κ2) is 7.86. The summed E-state index contributed by atoms with van der Waals surface area (Å²) in [5.41, 5.74) is 1.34. The summed E-state index contributed by atoms with van der Waals surface area (Å²) in [6, 6.07) is 9.63. The summed E-state index contributed by atoms with van der Waals surface area (Å²) < 4.78 is 2.22. The maximum Gasteiger partial charge on any atom is 0.270 e. The number of H-pyrrole nitrogens is 1.